The van der Waals surface area contributed by atoms with Gasteiger partial charge >= 0.3 is 6.18 Å². The first-order chi connectivity index (χ1) is 19.7. The van der Waals surface area contributed by atoms with E-state index in [-0.39, 0.29) is 46.8 Å². The monoisotopic (exact) mass is 585 g/mol. The van der Waals surface area contributed by atoms with Gasteiger partial charge in [-0.15, -0.1) is 0 Å². The van der Waals surface area contributed by atoms with Gasteiger partial charge in [-0.2, -0.15) is 13.2 Å². The molecule has 0 saturated heterocycles. The van der Waals surface area contributed by atoms with Crippen LogP contribution in [0.3, 0.4) is 0 Å². The molecule has 10 nitrogen and oxygen atoms in total. The van der Waals surface area contributed by atoms with Crippen LogP contribution in [0.15, 0.2) is 54.9 Å². The predicted molar refractivity (Wildman–Crippen MR) is 156 cm³/mol. The second kappa shape index (κ2) is 13.4. The van der Waals surface area contributed by atoms with E-state index < -0.39 is 17.6 Å². The highest BCUT2D eigenvalue weighted by Crippen LogP contribution is 2.38. The third-order valence-corrected chi connectivity index (χ3v) is 6.07. The number of carbonyl (C=O) groups excluding carboxylic acids is 2. The Balaban J connectivity index is 1.90. The Bertz CT molecular complexity index is 1470. The fourth-order valence-corrected chi connectivity index (χ4v) is 3.97. The summed E-state index contributed by atoms with van der Waals surface area (Å²) in [4.78, 5) is 28.6. The van der Waals surface area contributed by atoms with Crippen LogP contribution in [0.2, 0.25) is 0 Å². The van der Waals surface area contributed by atoms with Crippen molar-refractivity contribution < 1.29 is 27.5 Å². The second-order valence-electron chi connectivity index (χ2n) is 9.81. The van der Waals surface area contributed by atoms with E-state index in [9.17, 15) is 22.8 Å². The van der Waals surface area contributed by atoms with Crippen molar-refractivity contribution in [3.8, 4) is 5.75 Å². The van der Waals surface area contributed by atoms with Gasteiger partial charge in [0.05, 0.1) is 29.7 Å². The van der Waals surface area contributed by atoms with Gasteiger partial charge in [0.15, 0.2) is 0 Å². The molecule has 1 heterocycles. The number of hydrogen-bond acceptors (Lipinski definition) is 8. The number of nitrogens with one attached hydrogen (secondary N) is 3. The molecule has 0 saturated carbocycles. The SMILES string of the molecule is COc1c(CNC(C)C)cc(C(F)(F)F)cc1NC(=O)c1ccc(C)c(N(N)/C=C(\N)c2ccc(NC(C)=O)nc2)c1. The van der Waals surface area contributed by atoms with Crippen molar-refractivity contribution in [3.63, 3.8) is 0 Å². The number of aryl methyl sites for hydroxylation is 1. The van der Waals surface area contributed by atoms with Crippen molar-refractivity contribution in [2.75, 3.05) is 22.8 Å². The molecule has 3 rings (SSSR count). The third kappa shape index (κ3) is 8.21. The van der Waals surface area contributed by atoms with Crippen LogP contribution < -0.4 is 37.3 Å². The highest BCUT2D eigenvalue weighted by Gasteiger charge is 2.33. The van der Waals surface area contributed by atoms with Crippen LogP contribution in [0.1, 0.15) is 53.4 Å². The zero-order valence-electron chi connectivity index (χ0n) is 23.9. The van der Waals surface area contributed by atoms with Crippen molar-refractivity contribution >= 4 is 34.7 Å². The van der Waals surface area contributed by atoms with Gasteiger partial charge < -0.3 is 26.4 Å². The van der Waals surface area contributed by atoms with Gasteiger partial charge in [-0.25, -0.2) is 10.8 Å². The quantitative estimate of drug-likeness (QED) is 0.169. The van der Waals surface area contributed by atoms with E-state index in [1.54, 1.807) is 25.1 Å². The molecular weight excluding hydrogens is 551 g/mol. The van der Waals surface area contributed by atoms with E-state index in [4.69, 9.17) is 16.3 Å². The highest BCUT2D eigenvalue weighted by molar-refractivity contribution is 6.06. The van der Waals surface area contributed by atoms with Crippen LogP contribution in [0.5, 0.6) is 5.75 Å². The average Bonchev–Trinajstić information content (AvgIpc) is 2.91. The van der Waals surface area contributed by atoms with Crippen molar-refractivity contribution in [1.29, 1.82) is 0 Å². The zero-order chi connectivity index (χ0) is 31.2. The summed E-state index contributed by atoms with van der Waals surface area (Å²) in [6.07, 6.45) is -1.74. The van der Waals surface area contributed by atoms with Crippen LogP contribution in [0.4, 0.5) is 30.4 Å². The van der Waals surface area contributed by atoms with Crippen LogP contribution in [-0.4, -0.2) is 29.9 Å². The molecule has 0 aliphatic carbocycles. The number of pyridine rings is 1. The number of nitrogens with two attached hydrogens (primary N) is 2. The molecule has 3 aromatic rings. The molecular formula is C29H34F3N7O3. The van der Waals surface area contributed by atoms with E-state index in [1.165, 1.54) is 43.6 Å². The molecule has 224 valence electrons. The lowest BCUT2D eigenvalue weighted by Gasteiger charge is -2.20. The van der Waals surface area contributed by atoms with Gasteiger partial charge in [0.2, 0.25) is 5.91 Å². The molecule has 0 radical (unpaired) electrons. The number of carbonyl (C=O) groups is 2. The molecule has 0 spiro atoms. The summed E-state index contributed by atoms with van der Waals surface area (Å²) in [7, 11) is 1.33. The molecule has 42 heavy (non-hydrogen) atoms. The fourth-order valence-electron chi connectivity index (χ4n) is 3.97. The minimum Gasteiger partial charge on any atom is -0.494 e. The first-order valence-corrected chi connectivity index (χ1v) is 12.9. The molecule has 7 N–H and O–H groups in total. The number of halogens is 3. The second-order valence-corrected chi connectivity index (χ2v) is 9.81. The maximum atomic E-state index is 13.7. The Morgan fingerprint density at radius 1 is 1.10 bits per heavy atom. The van der Waals surface area contributed by atoms with Gasteiger partial charge in [0.25, 0.3) is 5.91 Å². The number of benzene rings is 2. The van der Waals surface area contributed by atoms with E-state index in [0.29, 0.717) is 22.6 Å². The number of aromatic nitrogens is 1. The van der Waals surface area contributed by atoms with Gasteiger partial charge in [-0.05, 0) is 48.9 Å². The van der Waals surface area contributed by atoms with Crippen LogP contribution in [0.25, 0.3) is 5.70 Å². The molecule has 0 aliphatic heterocycles. The van der Waals surface area contributed by atoms with E-state index in [2.05, 4.69) is 20.9 Å². The minimum absolute atomic E-state index is 0.00919. The van der Waals surface area contributed by atoms with E-state index >= 15 is 0 Å². The molecule has 2 aromatic carbocycles. The van der Waals surface area contributed by atoms with Gasteiger partial charge in [0, 0.05) is 48.6 Å². The van der Waals surface area contributed by atoms with Gasteiger partial charge in [-0.1, -0.05) is 19.9 Å². The summed E-state index contributed by atoms with van der Waals surface area (Å²) in [5, 5.41) is 9.42. The van der Waals surface area contributed by atoms with Gasteiger partial charge in [-0.3, -0.25) is 14.6 Å². The first-order valence-electron chi connectivity index (χ1n) is 12.9. The number of ether oxygens (including phenoxy) is 1. The maximum absolute atomic E-state index is 13.7. The number of nitrogens with zero attached hydrogens (tertiary/aromatic N) is 2. The van der Waals surface area contributed by atoms with Crippen LogP contribution in [0, 0.1) is 6.92 Å². The van der Waals surface area contributed by atoms with E-state index in [1.807, 2.05) is 13.8 Å². The summed E-state index contributed by atoms with van der Waals surface area (Å²) in [5.41, 5.74) is 7.45. The Labute approximate surface area is 241 Å². The van der Waals surface area contributed by atoms with Crippen LogP contribution >= 0.6 is 0 Å². The molecule has 0 fully saturated rings. The summed E-state index contributed by atoms with van der Waals surface area (Å²) in [6.45, 7) is 6.97. The number of rotatable bonds is 10. The molecule has 0 aliphatic rings. The maximum Gasteiger partial charge on any atom is 0.416 e. The Morgan fingerprint density at radius 2 is 1.79 bits per heavy atom. The zero-order valence-corrected chi connectivity index (χ0v) is 23.9. The number of amides is 2. The molecule has 1 aromatic heterocycles. The number of methoxy groups -OCH3 is 1. The predicted octanol–water partition coefficient (Wildman–Crippen LogP) is 4.76. The topological polar surface area (TPSA) is 148 Å². The lowest BCUT2D eigenvalue weighted by Crippen LogP contribution is -2.27. The lowest BCUT2D eigenvalue weighted by atomic mass is 10.1. The van der Waals surface area contributed by atoms with Crippen LogP contribution in [-0.2, 0) is 17.5 Å². The summed E-state index contributed by atoms with van der Waals surface area (Å²) in [5.74, 6) is 5.81. The number of alkyl halides is 3. The van der Waals surface area contributed by atoms with Crippen molar-refractivity contribution in [3.05, 3.63) is 82.7 Å². The van der Waals surface area contributed by atoms with Gasteiger partial charge in [0.1, 0.15) is 11.6 Å². The fraction of sp³-hybridized carbons (Fsp3) is 0.276. The minimum atomic E-state index is -4.64. The Morgan fingerprint density at radius 3 is 2.36 bits per heavy atom. The number of anilines is 3. The molecule has 2 amide bonds. The molecule has 0 bridgehead atoms. The van der Waals surface area contributed by atoms with Crippen molar-refractivity contribution in [2.45, 2.75) is 46.5 Å². The lowest BCUT2D eigenvalue weighted by molar-refractivity contribution is -0.137. The van der Waals surface area contributed by atoms with E-state index in [0.717, 1.165) is 12.1 Å². The first kappa shape index (κ1) is 31.9. The summed E-state index contributed by atoms with van der Waals surface area (Å²) >= 11 is 0. The molecule has 13 heteroatoms. The third-order valence-electron chi connectivity index (χ3n) is 6.07. The van der Waals surface area contributed by atoms with Crippen molar-refractivity contribution in [1.82, 2.24) is 10.3 Å². The largest absolute Gasteiger partial charge is 0.494 e. The average molecular weight is 586 g/mol. The standard InChI is InChI=1S/C29H34F3N7O3/c1-16(2)35-14-21-10-22(29(30,31)32)12-24(27(21)42-5)38-28(41)19-7-6-17(3)25(11-19)39(34)15-23(33)20-8-9-26(36-13-20)37-18(4)40/h6-13,15-16,35H,14,33-34H2,1-5H3,(H,38,41)(H,36,37,40)/b23-15-. The Kier molecular flexibility index (Phi) is 10.1. The number of hydrogen-bond donors (Lipinski definition) is 5. The van der Waals surface area contributed by atoms with Crippen molar-refractivity contribution in [2.24, 2.45) is 11.6 Å². The smallest absolute Gasteiger partial charge is 0.416 e. The molecule has 0 atom stereocenters. The molecule has 0 unspecified atom stereocenters. The normalized spacial score (nSPS) is 11.8. The highest BCUT2D eigenvalue weighted by atomic mass is 19.4. The number of hydrazine groups is 1. The Hall–Kier alpha value is -4.62. The summed E-state index contributed by atoms with van der Waals surface area (Å²) < 4.78 is 46.5. The summed E-state index contributed by atoms with van der Waals surface area (Å²) in [6, 6.07) is 9.76.